The first kappa shape index (κ1) is 13.3. The predicted octanol–water partition coefficient (Wildman–Crippen LogP) is 2.94. The molecule has 0 aliphatic carbocycles. The van der Waals surface area contributed by atoms with Crippen LogP contribution in [0.5, 0.6) is 0 Å². The monoisotopic (exact) mass is 258 g/mol. The summed E-state index contributed by atoms with van der Waals surface area (Å²) in [5.74, 6) is -0.841. The van der Waals surface area contributed by atoms with Crippen molar-refractivity contribution in [1.82, 2.24) is 10.2 Å². The molecule has 2 N–H and O–H groups in total. The van der Waals surface area contributed by atoms with Crippen molar-refractivity contribution in [3.05, 3.63) is 40.1 Å². The minimum absolute atomic E-state index is 0.00989. The number of hydrogen-bond donors (Lipinski definition) is 2. The molecule has 1 heterocycles. The van der Waals surface area contributed by atoms with Gasteiger partial charge in [-0.15, -0.1) is 0 Å². The van der Waals surface area contributed by atoms with Crippen molar-refractivity contribution in [1.29, 1.82) is 0 Å². The maximum absolute atomic E-state index is 11.0. The van der Waals surface area contributed by atoms with Gasteiger partial charge < -0.3 is 5.11 Å². The fourth-order valence-electron chi connectivity index (χ4n) is 2.26. The van der Waals surface area contributed by atoms with Crippen LogP contribution in [0.2, 0.25) is 0 Å². The Morgan fingerprint density at radius 3 is 2.42 bits per heavy atom. The molecule has 0 fully saturated rings. The first-order valence-electron chi connectivity index (χ1n) is 6.24. The summed E-state index contributed by atoms with van der Waals surface area (Å²) in [6.45, 7) is 8.00. The first-order valence-corrected chi connectivity index (χ1v) is 6.24. The van der Waals surface area contributed by atoms with Gasteiger partial charge in [0.25, 0.3) is 0 Å². The molecular weight excluding hydrogens is 240 g/mol. The van der Waals surface area contributed by atoms with Crippen LogP contribution in [0.15, 0.2) is 12.1 Å². The molecule has 1 aromatic heterocycles. The highest BCUT2D eigenvalue weighted by molar-refractivity contribution is 5.77. The van der Waals surface area contributed by atoms with E-state index in [1.165, 1.54) is 11.1 Å². The van der Waals surface area contributed by atoms with Crippen LogP contribution in [0.1, 0.15) is 27.9 Å². The van der Waals surface area contributed by atoms with E-state index in [4.69, 9.17) is 5.11 Å². The second-order valence-electron chi connectivity index (χ2n) is 5.00. The number of aliphatic carboxylic acids is 1. The first-order chi connectivity index (χ1) is 8.90. The molecule has 1 aromatic carbocycles. The normalized spacial score (nSPS) is 10.7. The third-order valence-electron chi connectivity index (χ3n) is 3.50. The molecular formula is C15H18N2O2. The topological polar surface area (TPSA) is 66.0 Å². The second kappa shape index (κ2) is 4.88. The smallest absolute Gasteiger partial charge is 0.307 e. The number of H-pyrrole nitrogens is 1. The van der Waals surface area contributed by atoms with Crippen LogP contribution in [0.25, 0.3) is 11.3 Å². The van der Waals surface area contributed by atoms with Crippen molar-refractivity contribution < 1.29 is 9.90 Å². The van der Waals surface area contributed by atoms with Crippen LogP contribution in [-0.4, -0.2) is 21.3 Å². The molecule has 4 nitrogen and oxygen atoms in total. The van der Waals surface area contributed by atoms with E-state index in [1.807, 2.05) is 13.8 Å². The molecule has 0 unspecified atom stereocenters. The summed E-state index contributed by atoms with van der Waals surface area (Å²) in [4.78, 5) is 11.0. The Bertz CT molecular complexity index is 642. The van der Waals surface area contributed by atoms with Gasteiger partial charge in [-0.3, -0.25) is 9.89 Å². The van der Waals surface area contributed by atoms with E-state index in [-0.39, 0.29) is 6.42 Å². The number of aryl methyl sites for hydroxylation is 4. The number of nitrogens with one attached hydrogen (secondary N) is 1. The zero-order chi connectivity index (χ0) is 14.2. The lowest BCUT2D eigenvalue weighted by molar-refractivity contribution is -0.136. The molecule has 0 atom stereocenters. The van der Waals surface area contributed by atoms with Crippen molar-refractivity contribution in [2.45, 2.75) is 34.1 Å². The lowest BCUT2D eigenvalue weighted by atomic mass is 9.95. The van der Waals surface area contributed by atoms with Gasteiger partial charge in [-0.1, -0.05) is 6.07 Å². The predicted molar refractivity (Wildman–Crippen MR) is 74.3 cm³/mol. The summed E-state index contributed by atoms with van der Waals surface area (Å²) < 4.78 is 0. The largest absolute Gasteiger partial charge is 0.481 e. The summed E-state index contributed by atoms with van der Waals surface area (Å²) in [7, 11) is 0. The molecule has 0 radical (unpaired) electrons. The molecule has 100 valence electrons. The number of nitrogens with zero attached hydrogens (tertiary/aromatic N) is 1. The van der Waals surface area contributed by atoms with Gasteiger partial charge in [0.2, 0.25) is 0 Å². The van der Waals surface area contributed by atoms with Gasteiger partial charge in [0.1, 0.15) is 0 Å². The molecule has 0 amide bonds. The van der Waals surface area contributed by atoms with E-state index < -0.39 is 5.97 Å². The number of carboxylic acids is 1. The number of hydrogen-bond acceptors (Lipinski definition) is 2. The Morgan fingerprint density at radius 2 is 1.79 bits per heavy atom. The molecule has 0 saturated carbocycles. The van der Waals surface area contributed by atoms with E-state index in [2.05, 4.69) is 36.2 Å². The van der Waals surface area contributed by atoms with Crippen LogP contribution in [0.4, 0.5) is 0 Å². The van der Waals surface area contributed by atoms with E-state index in [0.29, 0.717) is 0 Å². The van der Waals surface area contributed by atoms with Crippen molar-refractivity contribution in [2.24, 2.45) is 0 Å². The van der Waals surface area contributed by atoms with Crippen LogP contribution in [0.3, 0.4) is 0 Å². The van der Waals surface area contributed by atoms with Crippen molar-refractivity contribution in [3.63, 3.8) is 0 Å². The number of rotatable bonds is 3. The van der Waals surface area contributed by atoms with Gasteiger partial charge in [-0.05, 0) is 50.5 Å². The summed E-state index contributed by atoms with van der Waals surface area (Å²) >= 11 is 0. The summed E-state index contributed by atoms with van der Waals surface area (Å²) in [6.07, 6.45) is -0.00989. The van der Waals surface area contributed by atoms with Crippen LogP contribution in [-0.2, 0) is 11.2 Å². The SMILES string of the molecule is Cc1cc(C)c(-c2n[nH]c(C)c2CC(=O)O)cc1C. The average Bonchev–Trinajstić information content (AvgIpc) is 2.65. The molecule has 19 heavy (non-hydrogen) atoms. The quantitative estimate of drug-likeness (QED) is 0.889. The summed E-state index contributed by atoms with van der Waals surface area (Å²) in [6, 6.07) is 4.19. The fraction of sp³-hybridized carbons (Fsp3) is 0.333. The number of carboxylic acid groups (broad SMARTS) is 1. The van der Waals surface area contributed by atoms with Gasteiger partial charge in [0, 0.05) is 16.8 Å². The standard InChI is InChI=1S/C15H18N2O2/c1-8-5-10(3)12(6-9(8)2)15-13(7-14(18)19)11(4)16-17-15/h5-6H,7H2,1-4H3,(H,16,17)(H,18,19). The number of aromatic amines is 1. The Labute approximate surface area is 112 Å². The zero-order valence-electron chi connectivity index (χ0n) is 11.7. The highest BCUT2D eigenvalue weighted by atomic mass is 16.4. The second-order valence-corrected chi connectivity index (χ2v) is 5.00. The third-order valence-corrected chi connectivity index (χ3v) is 3.50. The summed E-state index contributed by atoms with van der Waals surface area (Å²) in [5, 5.41) is 16.2. The van der Waals surface area contributed by atoms with Crippen LogP contribution < -0.4 is 0 Å². The molecule has 0 aliphatic rings. The van der Waals surface area contributed by atoms with Crippen molar-refractivity contribution in [3.8, 4) is 11.3 Å². The molecule has 0 spiro atoms. The van der Waals surface area contributed by atoms with E-state index in [1.54, 1.807) is 0 Å². The lowest BCUT2D eigenvalue weighted by Crippen LogP contribution is -2.02. The third kappa shape index (κ3) is 2.52. The molecule has 2 aromatic rings. The van der Waals surface area contributed by atoms with Crippen LogP contribution in [0, 0.1) is 27.7 Å². The zero-order valence-corrected chi connectivity index (χ0v) is 11.7. The maximum atomic E-state index is 11.0. The average molecular weight is 258 g/mol. The minimum atomic E-state index is -0.841. The Balaban J connectivity index is 2.59. The van der Waals surface area contributed by atoms with Crippen molar-refractivity contribution >= 4 is 5.97 Å². The van der Waals surface area contributed by atoms with E-state index in [0.717, 1.165) is 28.1 Å². The molecule has 0 bridgehead atoms. The number of aromatic nitrogens is 2. The van der Waals surface area contributed by atoms with E-state index in [9.17, 15) is 4.79 Å². The lowest BCUT2D eigenvalue weighted by Gasteiger charge is -2.09. The summed E-state index contributed by atoms with van der Waals surface area (Å²) in [5.41, 5.74) is 6.86. The van der Waals surface area contributed by atoms with Crippen molar-refractivity contribution in [2.75, 3.05) is 0 Å². The Hall–Kier alpha value is -2.10. The van der Waals surface area contributed by atoms with Gasteiger partial charge in [-0.25, -0.2) is 0 Å². The Morgan fingerprint density at radius 1 is 1.16 bits per heavy atom. The number of benzene rings is 1. The van der Waals surface area contributed by atoms with Gasteiger partial charge >= 0.3 is 5.97 Å². The van der Waals surface area contributed by atoms with Gasteiger partial charge in [-0.2, -0.15) is 5.10 Å². The van der Waals surface area contributed by atoms with Crippen LogP contribution >= 0.6 is 0 Å². The highest BCUT2D eigenvalue weighted by Gasteiger charge is 2.17. The van der Waals surface area contributed by atoms with Gasteiger partial charge in [0.15, 0.2) is 0 Å². The minimum Gasteiger partial charge on any atom is -0.481 e. The maximum Gasteiger partial charge on any atom is 0.307 e. The molecule has 4 heteroatoms. The fourth-order valence-corrected chi connectivity index (χ4v) is 2.26. The molecule has 0 aliphatic heterocycles. The Kier molecular flexibility index (Phi) is 3.42. The van der Waals surface area contributed by atoms with Gasteiger partial charge in [0.05, 0.1) is 12.1 Å². The van der Waals surface area contributed by atoms with E-state index >= 15 is 0 Å². The molecule has 0 saturated heterocycles. The highest BCUT2D eigenvalue weighted by Crippen LogP contribution is 2.29. The number of carbonyl (C=O) groups is 1. The molecule has 2 rings (SSSR count).